The lowest BCUT2D eigenvalue weighted by Crippen LogP contribution is -1.97. The topological polar surface area (TPSA) is 34.1 Å². The summed E-state index contributed by atoms with van der Waals surface area (Å²) in [5, 5.41) is 0. The van der Waals surface area contributed by atoms with Crippen LogP contribution in [0.2, 0.25) is 0 Å². The highest BCUT2D eigenvalue weighted by Crippen LogP contribution is 2.15. The minimum absolute atomic E-state index is 0.478. The van der Waals surface area contributed by atoms with Gasteiger partial charge >= 0.3 is 0 Å². The zero-order chi connectivity index (χ0) is 25.0. The summed E-state index contributed by atoms with van der Waals surface area (Å²) in [6.07, 6.45) is 34.1. The fourth-order valence-corrected chi connectivity index (χ4v) is 4.87. The van der Waals surface area contributed by atoms with E-state index in [9.17, 15) is 9.59 Å². The Labute approximate surface area is 214 Å². The molecule has 0 aromatic rings. The van der Waals surface area contributed by atoms with Gasteiger partial charge in [-0.1, -0.05) is 142 Å². The third-order valence-electron chi connectivity index (χ3n) is 7.28. The normalized spacial score (nSPS) is 11.2. The van der Waals surface area contributed by atoms with Crippen molar-refractivity contribution in [3.8, 4) is 0 Å². The van der Waals surface area contributed by atoms with Crippen LogP contribution in [-0.2, 0) is 9.59 Å². The van der Waals surface area contributed by atoms with E-state index < -0.39 is 0 Å². The summed E-state index contributed by atoms with van der Waals surface area (Å²) in [6.45, 7) is 4.46. The van der Waals surface area contributed by atoms with Crippen LogP contribution in [0, 0.1) is 0 Å². The van der Waals surface area contributed by atoms with Gasteiger partial charge in [0.1, 0.15) is 11.6 Å². The van der Waals surface area contributed by atoms with Gasteiger partial charge in [-0.05, 0) is 25.7 Å². The Morgan fingerprint density at radius 1 is 0.294 bits per heavy atom. The molecule has 0 atom stereocenters. The molecule has 0 radical (unpaired) electrons. The quantitative estimate of drug-likeness (QED) is 0.100. The summed E-state index contributed by atoms with van der Waals surface area (Å²) in [4.78, 5) is 23.8. The number of carbonyl (C=O) groups excluding carboxylic acids is 2. The van der Waals surface area contributed by atoms with Crippen LogP contribution in [-0.4, -0.2) is 11.6 Å². The average molecular weight is 479 g/mol. The van der Waals surface area contributed by atoms with Crippen LogP contribution in [0.5, 0.6) is 0 Å². The van der Waals surface area contributed by atoms with Crippen LogP contribution >= 0.6 is 0 Å². The summed E-state index contributed by atoms with van der Waals surface area (Å²) < 4.78 is 0. The molecule has 0 fully saturated rings. The smallest absolute Gasteiger partial charge is 0.132 e. The molecule has 34 heavy (non-hydrogen) atoms. The van der Waals surface area contributed by atoms with Gasteiger partial charge in [0.2, 0.25) is 0 Å². The maximum absolute atomic E-state index is 12.1. The SMILES string of the molecule is CCCCCCCCCCCCCC(=O)CCCCCCCCCCCCC(=O)CCCCC. The zero-order valence-electron chi connectivity index (χ0n) is 23.6. The minimum Gasteiger partial charge on any atom is -0.300 e. The molecular formula is C32H62O2. The van der Waals surface area contributed by atoms with Crippen molar-refractivity contribution in [3.63, 3.8) is 0 Å². The van der Waals surface area contributed by atoms with Crippen molar-refractivity contribution >= 4 is 11.6 Å². The monoisotopic (exact) mass is 478 g/mol. The molecule has 2 nitrogen and oxygen atoms in total. The third kappa shape index (κ3) is 27.6. The number of carbonyl (C=O) groups is 2. The molecule has 0 aliphatic heterocycles. The Kier molecular flexibility index (Phi) is 28.0. The first-order valence-corrected chi connectivity index (χ1v) is 15.7. The molecule has 0 rings (SSSR count). The molecule has 202 valence electrons. The average Bonchev–Trinajstić information content (AvgIpc) is 2.83. The molecule has 0 aliphatic rings. The van der Waals surface area contributed by atoms with Crippen LogP contribution in [0.1, 0.15) is 194 Å². The molecule has 0 spiro atoms. The highest BCUT2D eigenvalue weighted by molar-refractivity contribution is 5.78. The fourth-order valence-electron chi connectivity index (χ4n) is 4.87. The summed E-state index contributed by atoms with van der Waals surface area (Å²) >= 11 is 0. The lowest BCUT2D eigenvalue weighted by molar-refractivity contribution is -0.120. The predicted octanol–water partition coefficient (Wildman–Crippen LogP) is 11.1. The second kappa shape index (κ2) is 28.6. The third-order valence-corrected chi connectivity index (χ3v) is 7.28. The van der Waals surface area contributed by atoms with Crippen molar-refractivity contribution in [2.75, 3.05) is 0 Å². The van der Waals surface area contributed by atoms with E-state index in [1.165, 1.54) is 128 Å². The summed E-state index contributed by atoms with van der Waals surface area (Å²) in [5.41, 5.74) is 0. The van der Waals surface area contributed by atoms with Gasteiger partial charge in [-0.15, -0.1) is 0 Å². The van der Waals surface area contributed by atoms with Gasteiger partial charge in [0, 0.05) is 25.7 Å². The fraction of sp³-hybridized carbons (Fsp3) is 0.938. The van der Waals surface area contributed by atoms with E-state index in [-0.39, 0.29) is 0 Å². The Bertz CT molecular complexity index is 429. The molecule has 0 aromatic heterocycles. The maximum atomic E-state index is 12.1. The molecule has 0 unspecified atom stereocenters. The second-order valence-corrected chi connectivity index (χ2v) is 10.9. The molecule has 0 heterocycles. The number of hydrogen-bond acceptors (Lipinski definition) is 2. The van der Waals surface area contributed by atoms with Crippen molar-refractivity contribution in [2.24, 2.45) is 0 Å². The molecule has 0 bridgehead atoms. The Hall–Kier alpha value is -0.660. The number of ketones is 2. The first-order chi connectivity index (χ1) is 16.7. The van der Waals surface area contributed by atoms with E-state index in [0.717, 1.165) is 51.4 Å². The van der Waals surface area contributed by atoms with Crippen molar-refractivity contribution in [1.29, 1.82) is 0 Å². The summed E-state index contributed by atoms with van der Waals surface area (Å²) in [7, 11) is 0. The lowest BCUT2D eigenvalue weighted by atomic mass is 10.0. The van der Waals surface area contributed by atoms with Crippen LogP contribution in [0.25, 0.3) is 0 Å². The number of rotatable bonds is 29. The first-order valence-electron chi connectivity index (χ1n) is 15.7. The number of hydrogen-bond donors (Lipinski definition) is 0. The maximum Gasteiger partial charge on any atom is 0.132 e. The largest absolute Gasteiger partial charge is 0.300 e. The van der Waals surface area contributed by atoms with Crippen LogP contribution < -0.4 is 0 Å². The van der Waals surface area contributed by atoms with Crippen molar-refractivity contribution in [3.05, 3.63) is 0 Å². The molecule has 0 saturated carbocycles. The zero-order valence-corrected chi connectivity index (χ0v) is 23.6. The molecule has 2 heteroatoms. The Morgan fingerprint density at radius 3 is 0.735 bits per heavy atom. The van der Waals surface area contributed by atoms with Crippen LogP contribution in [0.4, 0.5) is 0 Å². The summed E-state index contributed by atoms with van der Waals surface area (Å²) in [5.74, 6) is 0.977. The van der Waals surface area contributed by atoms with E-state index in [0.29, 0.717) is 11.6 Å². The van der Waals surface area contributed by atoms with E-state index in [4.69, 9.17) is 0 Å². The minimum atomic E-state index is 0.478. The summed E-state index contributed by atoms with van der Waals surface area (Å²) in [6, 6.07) is 0. The van der Waals surface area contributed by atoms with Gasteiger partial charge in [0.25, 0.3) is 0 Å². The van der Waals surface area contributed by atoms with Gasteiger partial charge in [0.15, 0.2) is 0 Å². The van der Waals surface area contributed by atoms with E-state index in [2.05, 4.69) is 13.8 Å². The molecule has 0 saturated heterocycles. The van der Waals surface area contributed by atoms with Gasteiger partial charge in [0.05, 0.1) is 0 Å². The van der Waals surface area contributed by atoms with Gasteiger partial charge in [-0.25, -0.2) is 0 Å². The van der Waals surface area contributed by atoms with Crippen LogP contribution in [0.15, 0.2) is 0 Å². The highest BCUT2D eigenvalue weighted by atomic mass is 16.1. The predicted molar refractivity (Wildman–Crippen MR) is 151 cm³/mol. The molecular weight excluding hydrogens is 416 g/mol. The van der Waals surface area contributed by atoms with Gasteiger partial charge < -0.3 is 0 Å². The standard InChI is InChI=1S/C32H62O2/c1-3-5-7-8-9-10-11-14-17-21-25-29-32(34)30-26-22-19-16-13-12-15-18-20-24-28-31(33)27-23-6-4-2/h3-30H2,1-2H3. The molecule has 0 aromatic carbocycles. The van der Waals surface area contributed by atoms with Crippen molar-refractivity contribution < 1.29 is 9.59 Å². The molecule has 0 aliphatic carbocycles. The van der Waals surface area contributed by atoms with Gasteiger partial charge in [-0.3, -0.25) is 9.59 Å². The number of Topliss-reactive ketones (excluding diaryl/α,β-unsaturated/α-hetero) is 2. The Morgan fingerprint density at radius 2 is 0.471 bits per heavy atom. The van der Waals surface area contributed by atoms with E-state index >= 15 is 0 Å². The van der Waals surface area contributed by atoms with E-state index in [1.54, 1.807) is 0 Å². The van der Waals surface area contributed by atoms with Crippen molar-refractivity contribution in [2.45, 2.75) is 194 Å². The molecule has 0 amide bonds. The second-order valence-electron chi connectivity index (χ2n) is 10.9. The lowest BCUT2D eigenvalue weighted by Gasteiger charge is -2.04. The Balaban J connectivity index is 3.20. The van der Waals surface area contributed by atoms with Crippen LogP contribution in [0.3, 0.4) is 0 Å². The van der Waals surface area contributed by atoms with E-state index in [1.807, 2.05) is 0 Å². The highest BCUT2D eigenvalue weighted by Gasteiger charge is 2.03. The first kappa shape index (κ1) is 33.3. The molecule has 0 N–H and O–H groups in total. The van der Waals surface area contributed by atoms with Gasteiger partial charge in [-0.2, -0.15) is 0 Å². The van der Waals surface area contributed by atoms with Crippen molar-refractivity contribution in [1.82, 2.24) is 0 Å². The number of unbranched alkanes of at least 4 members (excludes halogenated alkanes) is 21.